The maximum Gasteiger partial charge on any atom is 0.240 e. The van der Waals surface area contributed by atoms with Crippen LogP contribution in [-0.4, -0.2) is 32.6 Å². The minimum absolute atomic E-state index is 0.158. The van der Waals surface area contributed by atoms with E-state index in [1.165, 1.54) is 0 Å². The van der Waals surface area contributed by atoms with Crippen molar-refractivity contribution < 1.29 is 13.2 Å². The molecule has 0 aliphatic heterocycles. The van der Waals surface area contributed by atoms with Crippen LogP contribution in [-0.2, 0) is 16.6 Å². The standard InChI is InChI=1S/C14H24N2O3S2/c1-5-19-13-7-6-12(8-11(13)9-15)21(17,18)16-10-14(2,3)20-4/h6-8,16H,5,9-10,15H2,1-4H3. The maximum atomic E-state index is 12.3. The molecule has 0 atom stereocenters. The largest absolute Gasteiger partial charge is 0.494 e. The Labute approximate surface area is 131 Å². The summed E-state index contributed by atoms with van der Waals surface area (Å²) in [6.45, 7) is 6.96. The van der Waals surface area contributed by atoms with Gasteiger partial charge in [-0.05, 0) is 45.2 Å². The van der Waals surface area contributed by atoms with Gasteiger partial charge >= 0.3 is 0 Å². The van der Waals surface area contributed by atoms with Gasteiger partial charge in [0, 0.05) is 23.4 Å². The number of nitrogens with one attached hydrogen (secondary N) is 1. The van der Waals surface area contributed by atoms with Crippen molar-refractivity contribution in [2.24, 2.45) is 5.73 Å². The first-order valence-corrected chi connectivity index (χ1v) is 9.47. The van der Waals surface area contributed by atoms with Crippen molar-refractivity contribution in [3.8, 4) is 5.75 Å². The zero-order chi connectivity index (χ0) is 16.1. The highest BCUT2D eigenvalue weighted by atomic mass is 32.2. The second kappa shape index (κ2) is 7.49. The Hall–Kier alpha value is -0.760. The number of ether oxygens (including phenoxy) is 1. The minimum Gasteiger partial charge on any atom is -0.494 e. The van der Waals surface area contributed by atoms with Gasteiger partial charge in [0.2, 0.25) is 10.0 Å². The third kappa shape index (κ3) is 5.18. The lowest BCUT2D eigenvalue weighted by Gasteiger charge is -2.22. The van der Waals surface area contributed by atoms with E-state index in [1.54, 1.807) is 30.0 Å². The van der Waals surface area contributed by atoms with E-state index in [-0.39, 0.29) is 16.2 Å². The van der Waals surface area contributed by atoms with Crippen LogP contribution in [0.1, 0.15) is 26.3 Å². The Morgan fingerprint density at radius 2 is 2.05 bits per heavy atom. The van der Waals surface area contributed by atoms with Gasteiger partial charge in [-0.1, -0.05) is 0 Å². The molecule has 0 heterocycles. The lowest BCUT2D eigenvalue weighted by atomic mass is 10.2. The Bertz CT molecular complexity index is 572. The van der Waals surface area contributed by atoms with E-state index in [1.807, 2.05) is 27.0 Å². The third-order valence-electron chi connectivity index (χ3n) is 3.10. The number of sulfonamides is 1. The highest BCUT2D eigenvalue weighted by Crippen LogP contribution is 2.24. The summed E-state index contributed by atoms with van der Waals surface area (Å²) >= 11 is 1.61. The summed E-state index contributed by atoms with van der Waals surface area (Å²) < 4.78 is 32.6. The zero-order valence-corrected chi connectivity index (χ0v) is 14.6. The van der Waals surface area contributed by atoms with Crippen molar-refractivity contribution in [1.29, 1.82) is 0 Å². The van der Waals surface area contributed by atoms with Gasteiger partial charge in [-0.2, -0.15) is 11.8 Å². The Morgan fingerprint density at radius 1 is 1.38 bits per heavy atom. The fourth-order valence-corrected chi connectivity index (χ4v) is 3.17. The molecule has 0 spiro atoms. The Balaban J connectivity index is 2.98. The summed E-state index contributed by atoms with van der Waals surface area (Å²) in [5.41, 5.74) is 6.34. The van der Waals surface area contributed by atoms with Crippen molar-refractivity contribution in [2.75, 3.05) is 19.4 Å². The average Bonchev–Trinajstić information content (AvgIpc) is 2.46. The molecule has 1 aromatic carbocycles. The number of hydrogen-bond donors (Lipinski definition) is 2. The molecule has 0 fully saturated rings. The molecule has 0 aliphatic rings. The molecule has 0 aromatic heterocycles. The van der Waals surface area contributed by atoms with Crippen LogP contribution >= 0.6 is 11.8 Å². The highest BCUT2D eigenvalue weighted by molar-refractivity contribution is 8.00. The van der Waals surface area contributed by atoms with E-state index >= 15 is 0 Å². The molecule has 1 rings (SSSR count). The molecular formula is C14H24N2O3S2. The van der Waals surface area contributed by atoms with Crippen LogP contribution in [0, 0.1) is 0 Å². The topological polar surface area (TPSA) is 81.4 Å². The van der Waals surface area contributed by atoms with Crippen LogP contribution in [0.4, 0.5) is 0 Å². The molecule has 21 heavy (non-hydrogen) atoms. The molecule has 3 N–H and O–H groups in total. The zero-order valence-electron chi connectivity index (χ0n) is 13.0. The molecule has 0 bridgehead atoms. The van der Waals surface area contributed by atoms with E-state index < -0.39 is 10.0 Å². The molecule has 0 radical (unpaired) electrons. The van der Waals surface area contributed by atoms with Crippen molar-refractivity contribution in [3.05, 3.63) is 23.8 Å². The van der Waals surface area contributed by atoms with Gasteiger partial charge in [-0.25, -0.2) is 13.1 Å². The number of rotatable bonds is 8. The smallest absolute Gasteiger partial charge is 0.240 e. The molecule has 5 nitrogen and oxygen atoms in total. The van der Waals surface area contributed by atoms with Gasteiger partial charge in [0.05, 0.1) is 11.5 Å². The highest BCUT2D eigenvalue weighted by Gasteiger charge is 2.22. The van der Waals surface area contributed by atoms with E-state index in [4.69, 9.17) is 10.5 Å². The van der Waals surface area contributed by atoms with Gasteiger partial charge < -0.3 is 10.5 Å². The van der Waals surface area contributed by atoms with Crippen molar-refractivity contribution >= 4 is 21.8 Å². The van der Waals surface area contributed by atoms with Crippen molar-refractivity contribution in [1.82, 2.24) is 4.72 Å². The van der Waals surface area contributed by atoms with E-state index in [0.717, 1.165) is 0 Å². The summed E-state index contributed by atoms with van der Waals surface area (Å²) in [6, 6.07) is 4.76. The molecule has 120 valence electrons. The molecule has 1 aromatic rings. The predicted molar refractivity (Wildman–Crippen MR) is 88.3 cm³/mol. The normalized spacial score (nSPS) is 12.4. The van der Waals surface area contributed by atoms with E-state index in [0.29, 0.717) is 24.5 Å². The first-order valence-electron chi connectivity index (χ1n) is 6.76. The van der Waals surface area contributed by atoms with Crippen LogP contribution in [0.2, 0.25) is 0 Å². The van der Waals surface area contributed by atoms with Crippen LogP contribution in [0.3, 0.4) is 0 Å². The predicted octanol–water partition coefficient (Wildman–Crippen LogP) is 1.96. The lowest BCUT2D eigenvalue weighted by Crippen LogP contribution is -2.36. The Morgan fingerprint density at radius 3 is 2.57 bits per heavy atom. The molecule has 0 aliphatic carbocycles. The van der Waals surface area contributed by atoms with Crippen LogP contribution < -0.4 is 15.2 Å². The van der Waals surface area contributed by atoms with Gasteiger partial charge in [0.25, 0.3) is 0 Å². The molecular weight excluding hydrogens is 308 g/mol. The third-order valence-corrected chi connectivity index (χ3v) is 5.75. The lowest BCUT2D eigenvalue weighted by molar-refractivity contribution is 0.336. The first-order chi connectivity index (χ1) is 9.75. The average molecular weight is 332 g/mol. The summed E-state index contributed by atoms with van der Waals surface area (Å²) in [5, 5.41) is 0. The van der Waals surface area contributed by atoms with Crippen molar-refractivity contribution in [2.45, 2.75) is 37.0 Å². The summed E-state index contributed by atoms with van der Waals surface area (Å²) in [6.07, 6.45) is 1.96. The summed E-state index contributed by atoms with van der Waals surface area (Å²) in [5.74, 6) is 0.628. The van der Waals surface area contributed by atoms with Crippen LogP contribution in [0.25, 0.3) is 0 Å². The molecule has 0 saturated heterocycles. The monoisotopic (exact) mass is 332 g/mol. The van der Waals surface area contributed by atoms with Crippen molar-refractivity contribution in [3.63, 3.8) is 0 Å². The molecule has 0 saturated carbocycles. The fraction of sp³-hybridized carbons (Fsp3) is 0.571. The van der Waals surface area contributed by atoms with E-state index in [2.05, 4.69) is 4.72 Å². The SMILES string of the molecule is CCOc1ccc(S(=O)(=O)NCC(C)(C)SC)cc1CN. The second-order valence-electron chi connectivity index (χ2n) is 5.20. The quantitative estimate of drug-likeness (QED) is 0.760. The van der Waals surface area contributed by atoms with Crippen LogP contribution in [0.15, 0.2) is 23.1 Å². The number of thioether (sulfide) groups is 1. The number of benzene rings is 1. The van der Waals surface area contributed by atoms with Gasteiger partial charge in [-0.3, -0.25) is 0 Å². The number of hydrogen-bond acceptors (Lipinski definition) is 5. The molecule has 0 amide bonds. The van der Waals surface area contributed by atoms with E-state index in [9.17, 15) is 8.42 Å². The maximum absolute atomic E-state index is 12.3. The fourth-order valence-electron chi connectivity index (χ4n) is 1.60. The second-order valence-corrected chi connectivity index (χ2v) is 8.48. The first kappa shape index (κ1) is 18.3. The summed E-state index contributed by atoms with van der Waals surface area (Å²) in [4.78, 5) is 0.211. The molecule has 0 unspecified atom stereocenters. The van der Waals surface area contributed by atoms with Gasteiger partial charge in [0.15, 0.2) is 0 Å². The summed E-state index contributed by atoms with van der Waals surface area (Å²) in [7, 11) is -3.54. The van der Waals surface area contributed by atoms with Gasteiger partial charge in [0.1, 0.15) is 5.75 Å². The number of nitrogens with two attached hydrogens (primary N) is 1. The van der Waals surface area contributed by atoms with Gasteiger partial charge in [-0.15, -0.1) is 0 Å². The molecule has 7 heteroatoms. The Kier molecular flexibility index (Phi) is 6.52. The van der Waals surface area contributed by atoms with Crippen LogP contribution in [0.5, 0.6) is 5.75 Å². The minimum atomic E-state index is -3.54.